The van der Waals surface area contributed by atoms with Gasteiger partial charge in [0.1, 0.15) is 5.67 Å². The Morgan fingerprint density at radius 2 is 2.14 bits per heavy atom. The molecule has 2 rings (SSSR count). The normalized spacial score (nSPS) is 47.4. The third-order valence-corrected chi connectivity index (χ3v) is 3.91. The first-order valence-electron chi connectivity index (χ1n) is 5.94. The highest BCUT2D eigenvalue weighted by Gasteiger charge is 2.48. The molecule has 0 aromatic rings. The molecule has 82 valence electrons. The van der Waals surface area contributed by atoms with Crippen molar-refractivity contribution in [3.8, 4) is 0 Å². The highest BCUT2D eigenvalue weighted by Crippen LogP contribution is 2.43. The van der Waals surface area contributed by atoms with Gasteiger partial charge in [-0.15, -0.1) is 0 Å². The number of fused-ring (bicyclic) bond motifs is 2. The number of hydrogen-bond acceptors (Lipinski definition) is 1. The fourth-order valence-electron chi connectivity index (χ4n) is 3.30. The summed E-state index contributed by atoms with van der Waals surface area (Å²) < 4.78 is 14.4. The van der Waals surface area contributed by atoms with Gasteiger partial charge in [0, 0.05) is 18.0 Å². The largest absolute Gasteiger partial charge is 0.311 e. The summed E-state index contributed by atoms with van der Waals surface area (Å²) >= 11 is 0. The van der Waals surface area contributed by atoms with Crippen LogP contribution in [0.4, 0.5) is 4.39 Å². The molecule has 4 atom stereocenters. The van der Waals surface area contributed by atoms with E-state index in [4.69, 9.17) is 0 Å². The van der Waals surface area contributed by atoms with E-state index in [1.807, 2.05) is 6.92 Å². The summed E-state index contributed by atoms with van der Waals surface area (Å²) in [5.74, 6) is 0.843. The van der Waals surface area contributed by atoms with Gasteiger partial charge in [0.05, 0.1) is 0 Å². The van der Waals surface area contributed by atoms with Crippen LogP contribution < -0.4 is 5.32 Å². The van der Waals surface area contributed by atoms with Crippen LogP contribution in [-0.2, 0) is 0 Å². The molecule has 1 nitrogen and oxygen atoms in total. The van der Waals surface area contributed by atoms with Gasteiger partial charge in [0.25, 0.3) is 0 Å². The average Bonchev–Trinajstić information content (AvgIpc) is 2.42. The van der Waals surface area contributed by atoms with Crippen LogP contribution in [0.15, 0.2) is 0 Å². The van der Waals surface area contributed by atoms with Crippen molar-refractivity contribution >= 4 is 0 Å². The Morgan fingerprint density at radius 1 is 1.43 bits per heavy atom. The minimum absolute atomic E-state index is 0.237. The van der Waals surface area contributed by atoms with Gasteiger partial charge in [-0.1, -0.05) is 13.8 Å². The summed E-state index contributed by atoms with van der Waals surface area (Å²) in [6.07, 6.45) is 4.11. The predicted molar refractivity (Wildman–Crippen MR) is 57.0 cm³/mol. The Kier molecular flexibility index (Phi) is 2.59. The van der Waals surface area contributed by atoms with Crippen molar-refractivity contribution in [1.82, 2.24) is 5.32 Å². The molecule has 2 bridgehead atoms. The minimum Gasteiger partial charge on any atom is -0.311 e. The SMILES string of the molecule is CC(C)CC1C2CCC(CC1(C)F)N2. The number of nitrogens with one attached hydrogen (secondary N) is 1. The maximum absolute atomic E-state index is 14.4. The molecule has 0 spiro atoms. The Labute approximate surface area is 86.5 Å². The van der Waals surface area contributed by atoms with Crippen molar-refractivity contribution in [1.29, 1.82) is 0 Å². The molecule has 0 aliphatic carbocycles. The van der Waals surface area contributed by atoms with Crippen molar-refractivity contribution in [2.45, 2.75) is 64.2 Å². The monoisotopic (exact) mass is 199 g/mol. The first-order valence-corrected chi connectivity index (χ1v) is 5.94. The van der Waals surface area contributed by atoms with Crippen molar-refractivity contribution in [2.24, 2.45) is 11.8 Å². The van der Waals surface area contributed by atoms with Crippen LogP contribution in [0.25, 0.3) is 0 Å². The molecule has 0 amide bonds. The second-order valence-electron chi connectivity index (χ2n) is 5.77. The number of rotatable bonds is 2. The second kappa shape index (κ2) is 3.48. The van der Waals surface area contributed by atoms with Gasteiger partial charge in [0.15, 0.2) is 0 Å². The smallest absolute Gasteiger partial charge is 0.114 e. The molecule has 2 saturated heterocycles. The lowest BCUT2D eigenvalue weighted by Gasteiger charge is -2.41. The zero-order chi connectivity index (χ0) is 10.3. The summed E-state index contributed by atoms with van der Waals surface area (Å²) in [6, 6.07) is 0.907. The van der Waals surface area contributed by atoms with Crippen molar-refractivity contribution in [3.63, 3.8) is 0 Å². The maximum atomic E-state index is 14.4. The standard InChI is InChI=1S/C12H22FN/c1-8(2)6-10-11-5-4-9(14-11)7-12(10,3)13/h8-11,14H,4-7H2,1-3H3. The Morgan fingerprint density at radius 3 is 2.79 bits per heavy atom. The van der Waals surface area contributed by atoms with E-state index in [0.29, 0.717) is 18.0 Å². The van der Waals surface area contributed by atoms with E-state index < -0.39 is 5.67 Å². The molecular weight excluding hydrogens is 177 g/mol. The van der Waals surface area contributed by atoms with E-state index in [0.717, 1.165) is 12.8 Å². The third kappa shape index (κ3) is 1.81. The van der Waals surface area contributed by atoms with Crippen molar-refractivity contribution in [2.75, 3.05) is 0 Å². The first kappa shape index (κ1) is 10.4. The van der Waals surface area contributed by atoms with Gasteiger partial charge in [-0.2, -0.15) is 0 Å². The second-order valence-corrected chi connectivity index (χ2v) is 5.77. The van der Waals surface area contributed by atoms with Crippen molar-refractivity contribution < 1.29 is 4.39 Å². The van der Waals surface area contributed by atoms with Gasteiger partial charge in [-0.05, 0) is 38.5 Å². The number of piperidine rings is 1. The molecule has 0 aromatic carbocycles. The lowest BCUT2D eigenvalue weighted by molar-refractivity contribution is 0.0254. The molecule has 2 heterocycles. The molecule has 0 radical (unpaired) electrons. The van der Waals surface area contributed by atoms with E-state index >= 15 is 0 Å². The van der Waals surface area contributed by atoms with Crippen molar-refractivity contribution in [3.05, 3.63) is 0 Å². The summed E-state index contributed by atoms with van der Waals surface area (Å²) in [5, 5.41) is 3.56. The summed E-state index contributed by atoms with van der Waals surface area (Å²) in [4.78, 5) is 0. The highest BCUT2D eigenvalue weighted by molar-refractivity contribution is 5.04. The van der Waals surface area contributed by atoms with Crippen LogP contribution in [0.2, 0.25) is 0 Å². The van der Waals surface area contributed by atoms with E-state index in [9.17, 15) is 4.39 Å². The van der Waals surface area contributed by atoms with Crippen LogP contribution in [0.5, 0.6) is 0 Å². The van der Waals surface area contributed by atoms with Gasteiger partial charge < -0.3 is 5.32 Å². The zero-order valence-electron chi connectivity index (χ0n) is 9.52. The van der Waals surface area contributed by atoms with E-state index in [1.54, 1.807) is 0 Å². The quantitative estimate of drug-likeness (QED) is 0.721. The van der Waals surface area contributed by atoms with Crippen LogP contribution in [0, 0.1) is 11.8 Å². The average molecular weight is 199 g/mol. The van der Waals surface area contributed by atoms with Crippen LogP contribution >= 0.6 is 0 Å². The molecule has 2 fully saturated rings. The molecule has 2 aliphatic heterocycles. The lowest BCUT2D eigenvalue weighted by Crippen LogP contribution is -2.52. The lowest BCUT2D eigenvalue weighted by atomic mass is 9.75. The number of hydrogen-bond donors (Lipinski definition) is 1. The van der Waals surface area contributed by atoms with E-state index in [1.165, 1.54) is 12.8 Å². The predicted octanol–water partition coefficient (Wildman–Crippen LogP) is 2.90. The Balaban J connectivity index is 2.10. The molecule has 14 heavy (non-hydrogen) atoms. The summed E-state index contributed by atoms with van der Waals surface area (Å²) in [6.45, 7) is 6.19. The zero-order valence-corrected chi connectivity index (χ0v) is 9.52. The summed E-state index contributed by atoms with van der Waals surface area (Å²) in [5.41, 5.74) is -0.929. The molecule has 0 aromatic heterocycles. The Hall–Kier alpha value is -0.110. The molecule has 4 unspecified atom stereocenters. The van der Waals surface area contributed by atoms with Crippen LogP contribution in [0.1, 0.15) is 46.5 Å². The summed E-state index contributed by atoms with van der Waals surface area (Å²) in [7, 11) is 0. The molecular formula is C12H22FN. The van der Waals surface area contributed by atoms with E-state index in [2.05, 4.69) is 19.2 Å². The topological polar surface area (TPSA) is 12.0 Å². The van der Waals surface area contributed by atoms with Gasteiger partial charge in [-0.25, -0.2) is 4.39 Å². The van der Waals surface area contributed by atoms with E-state index in [-0.39, 0.29) is 5.92 Å². The van der Waals surface area contributed by atoms with Gasteiger partial charge in [-0.3, -0.25) is 0 Å². The fraction of sp³-hybridized carbons (Fsp3) is 1.00. The van der Waals surface area contributed by atoms with Gasteiger partial charge >= 0.3 is 0 Å². The van der Waals surface area contributed by atoms with Crippen LogP contribution in [-0.4, -0.2) is 17.8 Å². The molecule has 1 N–H and O–H groups in total. The van der Waals surface area contributed by atoms with Gasteiger partial charge in [0.2, 0.25) is 0 Å². The fourth-order valence-corrected chi connectivity index (χ4v) is 3.30. The third-order valence-electron chi connectivity index (χ3n) is 3.91. The number of halogens is 1. The minimum atomic E-state index is -0.929. The maximum Gasteiger partial charge on any atom is 0.114 e. The molecule has 2 aliphatic rings. The first-order chi connectivity index (χ1) is 6.49. The molecule has 2 heteroatoms. The molecule has 0 saturated carbocycles. The Bertz CT molecular complexity index is 212. The number of alkyl halides is 1. The highest BCUT2D eigenvalue weighted by atomic mass is 19.1. The van der Waals surface area contributed by atoms with Crippen LogP contribution in [0.3, 0.4) is 0 Å².